The second-order valence-electron chi connectivity index (χ2n) is 1.49. The van der Waals surface area contributed by atoms with Crippen LogP contribution in [-0.2, 0) is 4.79 Å². The maximum absolute atomic E-state index is 10.5. The van der Waals surface area contributed by atoms with Crippen LogP contribution in [0.5, 0.6) is 0 Å². The SMILES string of the molecule is N#CC(N=O)C(=O)NC(N)=O. The van der Waals surface area contributed by atoms with E-state index in [2.05, 4.69) is 10.9 Å². The van der Waals surface area contributed by atoms with Gasteiger partial charge in [0, 0.05) is 0 Å². The average Bonchev–Trinajstić information content (AvgIpc) is 1.88. The van der Waals surface area contributed by atoms with Crippen LogP contribution in [0.4, 0.5) is 4.79 Å². The fourth-order valence-electron chi connectivity index (χ4n) is 0.320. The molecule has 0 aliphatic rings. The molecule has 7 nitrogen and oxygen atoms in total. The van der Waals surface area contributed by atoms with Gasteiger partial charge in [0.2, 0.25) is 0 Å². The molecule has 3 N–H and O–H groups in total. The summed E-state index contributed by atoms with van der Waals surface area (Å²) in [4.78, 5) is 30.1. The number of nitrogens with zero attached hydrogens (tertiary/aromatic N) is 2. The van der Waals surface area contributed by atoms with Crippen molar-refractivity contribution in [2.24, 2.45) is 10.9 Å². The minimum atomic E-state index is -1.72. The molecule has 11 heavy (non-hydrogen) atoms. The fraction of sp³-hybridized carbons (Fsp3) is 0.250. The fourth-order valence-corrected chi connectivity index (χ4v) is 0.320. The molecule has 1 unspecified atom stereocenters. The van der Waals surface area contributed by atoms with Gasteiger partial charge in [0.1, 0.15) is 6.07 Å². The molecule has 0 saturated heterocycles. The van der Waals surface area contributed by atoms with Crippen molar-refractivity contribution < 1.29 is 9.59 Å². The average molecular weight is 156 g/mol. The molecule has 3 amide bonds. The van der Waals surface area contributed by atoms with Crippen molar-refractivity contribution in [3.8, 4) is 6.07 Å². The van der Waals surface area contributed by atoms with Crippen LogP contribution in [0.1, 0.15) is 0 Å². The number of amides is 3. The molecule has 7 heteroatoms. The molecule has 0 aliphatic heterocycles. The summed E-state index contributed by atoms with van der Waals surface area (Å²) >= 11 is 0. The van der Waals surface area contributed by atoms with Crippen LogP contribution in [0.3, 0.4) is 0 Å². The van der Waals surface area contributed by atoms with Crippen LogP contribution in [0.15, 0.2) is 5.18 Å². The standard InChI is InChI=1S/C4H4N4O3/c5-1-2(8-11)3(9)7-4(6)10/h2H,(H3,6,7,9,10). The highest BCUT2D eigenvalue weighted by Crippen LogP contribution is 1.86. The van der Waals surface area contributed by atoms with Gasteiger partial charge in [-0.25, -0.2) is 4.79 Å². The number of primary amides is 1. The number of carbonyl (C=O) groups is 2. The highest BCUT2D eigenvalue weighted by atomic mass is 16.3. The first-order valence-electron chi connectivity index (χ1n) is 2.44. The minimum absolute atomic E-state index is 1.12. The molecule has 0 aromatic heterocycles. The Morgan fingerprint density at radius 2 is 2.18 bits per heavy atom. The molecule has 0 aliphatic carbocycles. The number of nitrogens with one attached hydrogen (secondary N) is 1. The monoisotopic (exact) mass is 156 g/mol. The van der Waals surface area contributed by atoms with E-state index in [0.29, 0.717) is 0 Å². The summed E-state index contributed by atoms with van der Waals surface area (Å²) in [5, 5.41) is 11.7. The Labute approximate surface area is 61.1 Å². The molecule has 0 radical (unpaired) electrons. The Kier molecular flexibility index (Phi) is 3.24. The van der Waals surface area contributed by atoms with E-state index in [-0.39, 0.29) is 0 Å². The number of nitroso groups, excluding NO2 is 1. The van der Waals surface area contributed by atoms with Gasteiger partial charge in [-0.05, 0) is 5.18 Å². The summed E-state index contributed by atoms with van der Waals surface area (Å²) in [6, 6.07) is -1.59. The van der Waals surface area contributed by atoms with Gasteiger partial charge in [0.05, 0.1) is 0 Å². The lowest BCUT2D eigenvalue weighted by molar-refractivity contribution is -0.120. The number of hydrogen-bond acceptors (Lipinski definition) is 5. The van der Waals surface area contributed by atoms with Crippen molar-refractivity contribution in [1.29, 1.82) is 5.26 Å². The zero-order chi connectivity index (χ0) is 8.85. The first kappa shape index (κ1) is 9.03. The summed E-state index contributed by atoms with van der Waals surface area (Å²) < 4.78 is 0. The Hall–Kier alpha value is -1.97. The van der Waals surface area contributed by atoms with Crippen molar-refractivity contribution in [1.82, 2.24) is 5.32 Å². The summed E-state index contributed by atoms with van der Waals surface area (Å²) in [5.74, 6) is -1.12. The Morgan fingerprint density at radius 3 is 2.45 bits per heavy atom. The van der Waals surface area contributed by atoms with Crippen LogP contribution < -0.4 is 11.1 Å². The van der Waals surface area contributed by atoms with Gasteiger partial charge in [-0.2, -0.15) is 5.26 Å². The maximum Gasteiger partial charge on any atom is 0.318 e. The van der Waals surface area contributed by atoms with E-state index in [9.17, 15) is 14.5 Å². The normalized spacial score (nSPS) is 10.8. The smallest absolute Gasteiger partial charge is 0.318 e. The summed E-state index contributed by atoms with van der Waals surface area (Å²) in [5.41, 5.74) is 4.52. The van der Waals surface area contributed by atoms with E-state index in [4.69, 9.17) is 5.26 Å². The first-order valence-corrected chi connectivity index (χ1v) is 2.44. The molecule has 1 atom stereocenters. The molecular weight excluding hydrogens is 152 g/mol. The maximum atomic E-state index is 10.5. The van der Waals surface area contributed by atoms with Gasteiger partial charge in [-0.3, -0.25) is 10.1 Å². The van der Waals surface area contributed by atoms with E-state index in [1.54, 1.807) is 0 Å². The quantitative estimate of drug-likeness (QED) is 0.489. The predicted molar refractivity (Wildman–Crippen MR) is 32.9 cm³/mol. The number of carbonyl (C=O) groups excluding carboxylic acids is 2. The van der Waals surface area contributed by atoms with Crippen LogP contribution in [0, 0.1) is 16.2 Å². The molecule has 58 valence electrons. The number of urea groups is 1. The molecule has 0 rings (SSSR count). The third kappa shape index (κ3) is 2.90. The van der Waals surface area contributed by atoms with Gasteiger partial charge in [0.15, 0.2) is 0 Å². The molecule has 0 heterocycles. The second kappa shape index (κ2) is 3.94. The molecule has 0 spiro atoms. The number of nitriles is 1. The predicted octanol–water partition coefficient (Wildman–Crippen LogP) is -1.16. The van der Waals surface area contributed by atoms with E-state index in [1.807, 2.05) is 0 Å². The highest BCUT2D eigenvalue weighted by molar-refractivity contribution is 5.97. The first-order chi connectivity index (χ1) is 5.11. The molecular formula is C4H4N4O3. The minimum Gasteiger partial charge on any atom is -0.351 e. The molecule has 0 fully saturated rings. The van der Waals surface area contributed by atoms with Gasteiger partial charge >= 0.3 is 6.03 Å². The van der Waals surface area contributed by atoms with Crippen LogP contribution in [-0.4, -0.2) is 18.0 Å². The lowest BCUT2D eigenvalue weighted by Gasteiger charge is -1.97. The second-order valence-corrected chi connectivity index (χ2v) is 1.49. The van der Waals surface area contributed by atoms with Gasteiger partial charge < -0.3 is 5.73 Å². The Bertz CT molecular complexity index is 230. The zero-order valence-corrected chi connectivity index (χ0v) is 5.27. The number of nitrogens with two attached hydrogens (primary N) is 1. The van der Waals surface area contributed by atoms with Crippen molar-refractivity contribution >= 4 is 11.9 Å². The van der Waals surface area contributed by atoms with Gasteiger partial charge in [0.25, 0.3) is 11.9 Å². The molecule has 0 saturated carbocycles. The van der Waals surface area contributed by atoms with Crippen molar-refractivity contribution in [3.05, 3.63) is 4.91 Å². The Morgan fingerprint density at radius 1 is 1.64 bits per heavy atom. The van der Waals surface area contributed by atoms with E-state index in [0.717, 1.165) is 0 Å². The largest absolute Gasteiger partial charge is 0.351 e. The third-order valence-electron chi connectivity index (χ3n) is 0.722. The summed E-state index contributed by atoms with van der Waals surface area (Å²) in [6.07, 6.45) is 0. The summed E-state index contributed by atoms with van der Waals surface area (Å²) in [6.45, 7) is 0. The van der Waals surface area contributed by atoms with Crippen LogP contribution >= 0.6 is 0 Å². The molecule has 0 aromatic carbocycles. The zero-order valence-electron chi connectivity index (χ0n) is 5.27. The topological polar surface area (TPSA) is 125 Å². The molecule has 0 bridgehead atoms. The Balaban J connectivity index is 4.13. The van der Waals surface area contributed by atoms with Gasteiger partial charge in [-0.1, -0.05) is 0 Å². The number of rotatable bonds is 2. The van der Waals surface area contributed by atoms with Crippen molar-refractivity contribution in [2.45, 2.75) is 6.04 Å². The van der Waals surface area contributed by atoms with Crippen molar-refractivity contribution in [2.75, 3.05) is 0 Å². The number of imide groups is 1. The summed E-state index contributed by atoms with van der Waals surface area (Å²) in [7, 11) is 0. The lowest BCUT2D eigenvalue weighted by Crippen LogP contribution is -2.40. The van der Waals surface area contributed by atoms with Gasteiger partial charge in [-0.15, -0.1) is 4.91 Å². The van der Waals surface area contributed by atoms with Crippen LogP contribution in [0.25, 0.3) is 0 Å². The van der Waals surface area contributed by atoms with E-state index in [1.165, 1.54) is 11.4 Å². The van der Waals surface area contributed by atoms with Crippen LogP contribution in [0.2, 0.25) is 0 Å². The number of hydrogen-bond donors (Lipinski definition) is 2. The van der Waals surface area contributed by atoms with E-state index < -0.39 is 18.0 Å². The van der Waals surface area contributed by atoms with E-state index >= 15 is 0 Å². The van der Waals surface area contributed by atoms with Crippen molar-refractivity contribution in [3.63, 3.8) is 0 Å². The highest BCUT2D eigenvalue weighted by Gasteiger charge is 2.18. The molecule has 0 aromatic rings. The third-order valence-corrected chi connectivity index (χ3v) is 0.722. The lowest BCUT2D eigenvalue weighted by atomic mass is 10.3.